The minimum atomic E-state index is 0. The zero-order valence-corrected chi connectivity index (χ0v) is 34.9. The third-order valence-corrected chi connectivity index (χ3v) is 8.46. The molecule has 4 aliphatic rings. The topological polar surface area (TPSA) is 77.3 Å². The number of rotatable bonds is 6. The molecule has 6 nitrogen and oxygen atoms in total. The Bertz CT molecular complexity index is 1740. The molecule has 6 heterocycles. The van der Waals surface area contributed by atoms with E-state index in [0.29, 0.717) is 0 Å². The summed E-state index contributed by atoms with van der Waals surface area (Å²) >= 11 is 0. The van der Waals surface area contributed by atoms with Crippen LogP contribution in [0.25, 0.3) is 45.6 Å². The molecule has 0 N–H and O–H groups in total. The minimum Gasteiger partial charge on any atom is -0.255 e. The first-order valence-corrected chi connectivity index (χ1v) is 18.3. The van der Waals surface area contributed by atoms with E-state index in [4.69, 9.17) is 9.97 Å². The second-order valence-electron chi connectivity index (χ2n) is 12.4. The number of pyridine rings is 6. The van der Waals surface area contributed by atoms with Gasteiger partial charge in [-0.2, -0.15) is 0 Å². The molecule has 0 saturated heterocycles. The van der Waals surface area contributed by atoms with Crippen molar-refractivity contribution in [3.05, 3.63) is 260 Å². The Morgan fingerprint density at radius 1 is 0.271 bits per heavy atom. The average Bonchev–Trinajstić information content (AvgIpc) is 4.15. The van der Waals surface area contributed by atoms with Crippen molar-refractivity contribution in [2.24, 2.45) is 0 Å². The molecule has 4 fully saturated rings. The van der Waals surface area contributed by atoms with Gasteiger partial charge < -0.3 is 0 Å². The maximum absolute atomic E-state index is 4.76. The van der Waals surface area contributed by atoms with Crippen LogP contribution in [0.3, 0.4) is 0 Å². The molecule has 21 radical (unpaired) electrons. The molecule has 6 aromatic heterocycles. The molecule has 0 spiro atoms. The average molecular weight is 894 g/mol. The van der Waals surface area contributed by atoms with Crippen LogP contribution in [0, 0.1) is 127 Å². The molecule has 0 aromatic carbocycles. The smallest absolute Gasteiger partial charge is 0.255 e. The SMILES string of the molecule is [CH]1[CH][CH][CH][CH]1.[CH]1[CH][CH][CH][CH]1.[CH]1[CH][CH][C](c2cc(-c3ccccn3)nc(-c3ccccn3)c2)[CH]1.[CH]1[CH][CH][C](c2cc(-c3ccccn3)nc(-c3ccccn3)c2)[CH]1.[Co+2].[Fe+2].[Fe+2]. The maximum atomic E-state index is 4.76. The van der Waals surface area contributed by atoms with Crippen molar-refractivity contribution in [2.45, 2.75) is 0 Å². The molecule has 4 saturated carbocycles. The summed E-state index contributed by atoms with van der Waals surface area (Å²) in [6, 6.07) is 31.7. The molecule has 4 aliphatic carbocycles. The molecule has 9 heteroatoms. The Balaban J connectivity index is 0.000000202. The van der Waals surface area contributed by atoms with Gasteiger partial charge in [0, 0.05) is 36.6 Å². The summed E-state index contributed by atoms with van der Waals surface area (Å²) in [7, 11) is 0. The number of nitrogens with zero attached hydrogens (tertiary/aromatic N) is 6. The van der Waals surface area contributed by atoms with Gasteiger partial charge in [0.05, 0.1) is 45.6 Å². The van der Waals surface area contributed by atoms with Crippen molar-refractivity contribution in [1.82, 2.24) is 29.9 Å². The van der Waals surface area contributed by atoms with Crippen LogP contribution in [0.15, 0.2) is 122 Å². The Morgan fingerprint density at radius 3 is 0.712 bits per heavy atom. The van der Waals surface area contributed by atoms with Crippen molar-refractivity contribution in [3.63, 3.8) is 0 Å². The van der Waals surface area contributed by atoms with E-state index in [-0.39, 0.29) is 50.9 Å². The van der Waals surface area contributed by atoms with E-state index in [2.05, 4.69) is 69.9 Å². The molecule has 10 rings (SSSR count). The first kappa shape index (κ1) is 48.1. The Morgan fingerprint density at radius 2 is 0.508 bits per heavy atom. The van der Waals surface area contributed by atoms with Gasteiger partial charge in [-0.15, -0.1) is 0 Å². The summed E-state index contributed by atoms with van der Waals surface area (Å²) in [5.41, 5.74) is 9.08. The molecule has 0 aliphatic heterocycles. The van der Waals surface area contributed by atoms with E-state index in [0.717, 1.165) is 56.7 Å². The molecule has 0 amide bonds. The van der Waals surface area contributed by atoms with E-state index in [1.807, 2.05) is 163 Å². The molecular weight excluding hydrogens is 855 g/mol. The number of hydrogen-bond acceptors (Lipinski definition) is 6. The number of aromatic nitrogens is 6. The van der Waals surface area contributed by atoms with Gasteiger partial charge in [0.1, 0.15) is 0 Å². The summed E-state index contributed by atoms with van der Waals surface area (Å²) in [4.78, 5) is 27.2. The molecule has 6 aromatic rings. The predicted molar refractivity (Wildman–Crippen MR) is 223 cm³/mol. The molecule has 59 heavy (non-hydrogen) atoms. The van der Waals surface area contributed by atoms with Crippen molar-refractivity contribution in [2.75, 3.05) is 0 Å². The van der Waals surface area contributed by atoms with Gasteiger partial charge in [0.15, 0.2) is 0 Å². The first-order chi connectivity index (χ1) is 27.8. The zero-order valence-electron chi connectivity index (χ0n) is 31.7. The maximum Gasteiger partial charge on any atom is 2.00 e. The van der Waals surface area contributed by atoms with Crippen LogP contribution in [-0.4, -0.2) is 29.9 Å². The van der Waals surface area contributed by atoms with Gasteiger partial charge in [-0.1, -0.05) is 24.3 Å². The van der Waals surface area contributed by atoms with Crippen LogP contribution in [0.5, 0.6) is 0 Å². The molecule has 0 bridgehead atoms. The van der Waals surface area contributed by atoms with Gasteiger partial charge >= 0.3 is 50.9 Å². The fourth-order valence-electron chi connectivity index (χ4n) is 5.75. The summed E-state index contributed by atoms with van der Waals surface area (Å²) < 4.78 is 0. The Kier molecular flexibility index (Phi) is 21.7. The van der Waals surface area contributed by atoms with Gasteiger partial charge in [0.2, 0.25) is 0 Å². The first-order valence-electron chi connectivity index (χ1n) is 18.3. The summed E-state index contributed by atoms with van der Waals surface area (Å²) in [6.07, 6.45) is 43.7. The predicted octanol–water partition coefficient (Wildman–Crippen LogP) is 9.95. The molecule has 0 unspecified atom stereocenters. The Labute approximate surface area is 384 Å². The normalized spacial score (nSPS) is 15.7. The van der Waals surface area contributed by atoms with Crippen molar-refractivity contribution >= 4 is 0 Å². The van der Waals surface area contributed by atoms with E-state index >= 15 is 0 Å². The van der Waals surface area contributed by atoms with Crippen LogP contribution in [0.4, 0.5) is 0 Å². The van der Waals surface area contributed by atoms with Crippen LogP contribution in [0.2, 0.25) is 0 Å². The molecular formula is C50H38CoFe2N6+6. The summed E-state index contributed by atoms with van der Waals surface area (Å²) in [5, 5.41) is 0. The van der Waals surface area contributed by atoms with Crippen LogP contribution >= 0.6 is 0 Å². The van der Waals surface area contributed by atoms with E-state index in [1.54, 1.807) is 24.8 Å². The second kappa shape index (κ2) is 26.6. The molecule has 287 valence electrons. The number of hydrogen-bond donors (Lipinski definition) is 0. The zero-order chi connectivity index (χ0) is 38.0. The fraction of sp³-hybridized carbons (Fsp3) is 0. The van der Waals surface area contributed by atoms with Gasteiger partial charge in [0.25, 0.3) is 0 Å². The largest absolute Gasteiger partial charge is 2.00 e. The van der Waals surface area contributed by atoms with Gasteiger partial charge in [-0.05, 0) is 199 Å². The second-order valence-corrected chi connectivity index (χ2v) is 12.4. The fourth-order valence-corrected chi connectivity index (χ4v) is 5.75. The third-order valence-electron chi connectivity index (χ3n) is 8.46. The van der Waals surface area contributed by atoms with Crippen LogP contribution in [0.1, 0.15) is 11.1 Å². The Hall–Kier alpha value is -3.55. The third kappa shape index (κ3) is 14.8. The van der Waals surface area contributed by atoms with Crippen molar-refractivity contribution < 1.29 is 50.9 Å². The standard InChI is InChI=1S/2C20H14N3.2C5H5.Co.2Fe/c2*1-2-8-15(7-1)16-13-19(17-9-3-5-11-21-17)23-20(14-16)18-10-4-6-12-22-18;2*1-2-4-5-3-1;;;/h2*1-14H;2*1-5H;;;/q;;;;3*+2. The van der Waals surface area contributed by atoms with Crippen molar-refractivity contribution in [3.8, 4) is 45.6 Å². The minimum absolute atomic E-state index is 0. The quantitative estimate of drug-likeness (QED) is 0.155. The monoisotopic (exact) mass is 893 g/mol. The molecule has 0 atom stereocenters. The van der Waals surface area contributed by atoms with E-state index in [9.17, 15) is 0 Å². The summed E-state index contributed by atoms with van der Waals surface area (Å²) in [6.45, 7) is 0. The van der Waals surface area contributed by atoms with E-state index in [1.165, 1.54) is 11.8 Å². The van der Waals surface area contributed by atoms with Gasteiger partial charge in [-0.3, -0.25) is 19.9 Å². The van der Waals surface area contributed by atoms with Gasteiger partial charge in [-0.25, -0.2) is 9.97 Å². The van der Waals surface area contributed by atoms with Crippen LogP contribution < -0.4 is 0 Å². The van der Waals surface area contributed by atoms with Crippen molar-refractivity contribution in [1.29, 1.82) is 0 Å². The van der Waals surface area contributed by atoms with E-state index < -0.39 is 0 Å². The van der Waals surface area contributed by atoms with Crippen LogP contribution in [-0.2, 0) is 50.9 Å². The summed E-state index contributed by atoms with van der Waals surface area (Å²) in [5.74, 6) is 2.34.